The molecule has 1 saturated heterocycles. The van der Waals surface area contributed by atoms with Crippen molar-refractivity contribution in [2.45, 2.75) is 35.7 Å². The van der Waals surface area contributed by atoms with E-state index in [9.17, 15) is 0 Å². The van der Waals surface area contributed by atoms with Crippen molar-refractivity contribution in [1.29, 1.82) is 0 Å². The molecule has 4 heteroatoms. The first-order valence-corrected chi connectivity index (χ1v) is 8.85. The van der Waals surface area contributed by atoms with Gasteiger partial charge in [-0.05, 0) is 50.2 Å². The van der Waals surface area contributed by atoms with Gasteiger partial charge in [-0.25, -0.2) is 0 Å². The Labute approximate surface area is 141 Å². The van der Waals surface area contributed by atoms with E-state index in [1.54, 1.807) is 11.8 Å². The maximum atomic E-state index is 5.98. The lowest BCUT2D eigenvalue weighted by atomic mass is 10.1. The van der Waals surface area contributed by atoms with Crippen LogP contribution in [0.25, 0.3) is 0 Å². The second-order valence-corrected chi connectivity index (χ2v) is 7.39. The average Bonchev–Trinajstić information content (AvgIpc) is 2.53. The minimum absolute atomic E-state index is 0.503. The van der Waals surface area contributed by atoms with E-state index >= 15 is 0 Å². The molecule has 2 nitrogen and oxygen atoms in total. The molecule has 22 heavy (non-hydrogen) atoms. The summed E-state index contributed by atoms with van der Waals surface area (Å²) in [5.74, 6) is 0. The number of nitrogens with one attached hydrogen (secondary N) is 1. The van der Waals surface area contributed by atoms with Crippen LogP contribution in [-0.4, -0.2) is 25.2 Å². The van der Waals surface area contributed by atoms with Crippen molar-refractivity contribution in [3.8, 4) is 0 Å². The predicted octanol–water partition coefficient (Wildman–Crippen LogP) is 4.68. The topological polar surface area (TPSA) is 15.3 Å². The van der Waals surface area contributed by atoms with Gasteiger partial charge in [0.2, 0.25) is 0 Å². The molecular weight excluding hydrogens is 312 g/mol. The van der Waals surface area contributed by atoms with Crippen LogP contribution >= 0.6 is 23.4 Å². The fraction of sp³-hybridized carbons (Fsp3) is 0.333. The summed E-state index contributed by atoms with van der Waals surface area (Å²) >= 11 is 7.78. The lowest BCUT2D eigenvalue weighted by molar-refractivity contribution is 0.423. The van der Waals surface area contributed by atoms with Crippen LogP contribution < -0.4 is 10.2 Å². The molecule has 0 bridgehead atoms. The highest BCUT2D eigenvalue weighted by atomic mass is 35.5. The first kappa shape index (κ1) is 15.7. The minimum Gasteiger partial charge on any atom is -0.365 e. The van der Waals surface area contributed by atoms with Crippen LogP contribution in [0.3, 0.4) is 0 Å². The number of para-hydroxylation sites is 1. The first-order valence-electron chi connectivity index (χ1n) is 7.66. The maximum absolute atomic E-state index is 5.98. The Bertz CT molecular complexity index is 629. The number of benzene rings is 2. The SMILES string of the molecule is C[C@@H]1CN[C@@H](C)CN1c1ccccc1Sc1ccc(Cl)cc1. The van der Waals surface area contributed by atoms with Crippen molar-refractivity contribution in [3.63, 3.8) is 0 Å². The Kier molecular flexibility index (Phi) is 4.97. The molecule has 1 heterocycles. The standard InChI is InChI=1S/C18H21ClN2S/c1-13-12-21(14(2)11-20-13)17-5-3-4-6-18(17)22-16-9-7-15(19)8-10-16/h3-10,13-14,20H,11-12H2,1-2H3/t13-,14+/m0/s1. The molecule has 2 atom stereocenters. The van der Waals surface area contributed by atoms with Gasteiger partial charge in [-0.1, -0.05) is 35.5 Å². The van der Waals surface area contributed by atoms with E-state index in [1.165, 1.54) is 15.5 Å². The highest BCUT2D eigenvalue weighted by molar-refractivity contribution is 7.99. The molecule has 0 radical (unpaired) electrons. The van der Waals surface area contributed by atoms with E-state index in [-0.39, 0.29) is 0 Å². The van der Waals surface area contributed by atoms with E-state index in [0.29, 0.717) is 12.1 Å². The number of piperazine rings is 1. The average molecular weight is 333 g/mol. The van der Waals surface area contributed by atoms with E-state index in [0.717, 1.165) is 18.1 Å². The summed E-state index contributed by atoms with van der Waals surface area (Å²) in [6, 6.07) is 17.7. The zero-order valence-corrected chi connectivity index (χ0v) is 14.5. The molecular formula is C18H21ClN2S. The molecule has 0 aromatic heterocycles. The molecule has 0 unspecified atom stereocenters. The largest absolute Gasteiger partial charge is 0.365 e. The van der Waals surface area contributed by atoms with Gasteiger partial charge in [0.25, 0.3) is 0 Å². The number of hydrogen-bond acceptors (Lipinski definition) is 3. The summed E-state index contributed by atoms with van der Waals surface area (Å²) in [6.07, 6.45) is 0. The smallest absolute Gasteiger partial charge is 0.0511 e. The maximum Gasteiger partial charge on any atom is 0.0511 e. The Morgan fingerprint density at radius 3 is 2.59 bits per heavy atom. The predicted molar refractivity (Wildman–Crippen MR) is 96.3 cm³/mol. The summed E-state index contributed by atoms with van der Waals surface area (Å²) in [4.78, 5) is 5.03. The normalized spacial score (nSPS) is 21.9. The Hall–Kier alpha value is -1.16. The van der Waals surface area contributed by atoms with Crippen molar-refractivity contribution in [3.05, 3.63) is 53.6 Å². The van der Waals surface area contributed by atoms with Gasteiger partial charge in [0.05, 0.1) is 5.69 Å². The third-order valence-electron chi connectivity index (χ3n) is 3.98. The van der Waals surface area contributed by atoms with Gasteiger partial charge in [0, 0.05) is 40.0 Å². The van der Waals surface area contributed by atoms with Gasteiger partial charge in [-0.15, -0.1) is 0 Å². The van der Waals surface area contributed by atoms with Gasteiger partial charge in [-0.2, -0.15) is 0 Å². The summed E-state index contributed by atoms with van der Waals surface area (Å²) in [7, 11) is 0. The van der Waals surface area contributed by atoms with Crippen molar-refractivity contribution < 1.29 is 0 Å². The summed E-state index contributed by atoms with van der Waals surface area (Å²) in [5.41, 5.74) is 1.32. The lowest BCUT2D eigenvalue weighted by Gasteiger charge is -2.40. The zero-order valence-electron chi connectivity index (χ0n) is 12.9. The highest BCUT2D eigenvalue weighted by Crippen LogP contribution is 2.36. The van der Waals surface area contributed by atoms with Crippen LogP contribution in [0.2, 0.25) is 5.02 Å². The van der Waals surface area contributed by atoms with Gasteiger partial charge in [-0.3, -0.25) is 0 Å². The van der Waals surface area contributed by atoms with E-state index in [1.807, 2.05) is 12.1 Å². The Balaban J connectivity index is 1.87. The quantitative estimate of drug-likeness (QED) is 0.878. The molecule has 0 saturated carbocycles. The van der Waals surface area contributed by atoms with Crippen LogP contribution in [-0.2, 0) is 0 Å². The van der Waals surface area contributed by atoms with Crippen LogP contribution in [0, 0.1) is 0 Å². The Morgan fingerprint density at radius 2 is 1.82 bits per heavy atom. The van der Waals surface area contributed by atoms with E-state index in [2.05, 4.69) is 60.5 Å². The molecule has 116 valence electrons. The Morgan fingerprint density at radius 1 is 1.09 bits per heavy atom. The third-order valence-corrected chi connectivity index (χ3v) is 5.31. The van der Waals surface area contributed by atoms with Crippen molar-refractivity contribution in [2.75, 3.05) is 18.0 Å². The third kappa shape index (κ3) is 3.60. The summed E-state index contributed by atoms with van der Waals surface area (Å²) in [6.45, 7) is 6.59. The van der Waals surface area contributed by atoms with Crippen LogP contribution in [0.4, 0.5) is 5.69 Å². The zero-order chi connectivity index (χ0) is 15.5. The second-order valence-electron chi connectivity index (χ2n) is 5.83. The highest BCUT2D eigenvalue weighted by Gasteiger charge is 2.24. The molecule has 0 amide bonds. The number of nitrogens with zero attached hydrogens (tertiary/aromatic N) is 1. The fourth-order valence-corrected chi connectivity index (χ4v) is 3.86. The number of halogens is 1. The summed E-state index contributed by atoms with van der Waals surface area (Å²) < 4.78 is 0. The van der Waals surface area contributed by atoms with Crippen molar-refractivity contribution in [1.82, 2.24) is 5.32 Å². The number of hydrogen-bond donors (Lipinski definition) is 1. The van der Waals surface area contributed by atoms with E-state index < -0.39 is 0 Å². The fourth-order valence-electron chi connectivity index (χ4n) is 2.77. The number of rotatable bonds is 3. The molecule has 3 rings (SSSR count). The molecule has 2 aromatic carbocycles. The van der Waals surface area contributed by atoms with Gasteiger partial charge < -0.3 is 10.2 Å². The van der Waals surface area contributed by atoms with Crippen molar-refractivity contribution in [2.24, 2.45) is 0 Å². The van der Waals surface area contributed by atoms with Crippen molar-refractivity contribution >= 4 is 29.1 Å². The second kappa shape index (κ2) is 6.95. The van der Waals surface area contributed by atoms with Gasteiger partial charge in [0.1, 0.15) is 0 Å². The molecule has 2 aromatic rings. The molecule has 0 spiro atoms. The van der Waals surface area contributed by atoms with E-state index in [4.69, 9.17) is 11.6 Å². The molecule has 1 N–H and O–H groups in total. The van der Waals surface area contributed by atoms with Gasteiger partial charge >= 0.3 is 0 Å². The number of anilines is 1. The van der Waals surface area contributed by atoms with Gasteiger partial charge in [0.15, 0.2) is 0 Å². The molecule has 1 fully saturated rings. The van der Waals surface area contributed by atoms with Crippen LogP contribution in [0.15, 0.2) is 58.3 Å². The monoisotopic (exact) mass is 332 g/mol. The minimum atomic E-state index is 0.503. The first-order chi connectivity index (χ1) is 10.6. The van der Waals surface area contributed by atoms with Crippen LogP contribution in [0.1, 0.15) is 13.8 Å². The van der Waals surface area contributed by atoms with Crippen LogP contribution in [0.5, 0.6) is 0 Å². The lowest BCUT2D eigenvalue weighted by Crippen LogP contribution is -2.54. The molecule has 0 aliphatic carbocycles. The molecule has 1 aliphatic heterocycles. The molecule has 1 aliphatic rings. The summed E-state index contributed by atoms with van der Waals surface area (Å²) in [5, 5.41) is 4.32.